The fourth-order valence-corrected chi connectivity index (χ4v) is 3.42. The second kappa shape index (κ2) is 7.21. The quantitative estimate of drug-likeness (QED) is 0.804. The predicted molar refractivity (Wildman–Crippen MR) is 83.1 cm³/mol. The summed E-state index contributed by atoms with van der Waals surface area (Å²) in [5, 5.41) is 3.69. The lowest BCUT2D eigenvalue weighted by Crippen LogP contribution is -2.33. The highest BCUT2D eigenvalue weighted by atomic mass is 19.1. The maximum absolute atomic E-state index is 13.1. The van der Waals surface area contributed by atoms with Gasteiger partial charge in [0.05, 0.1) is 0 Å². The van der Waals surface area contributed by atoms with Crippen LogP contribution >= 0.6 is 0 Å². The third-order valence-electron chi connectivity index (χ3n) is 4.95. The van der Waals surface area contributed by atoms with Crippen LogP contribution in [0.2, 0.25) is 0 Å². The van der Waals surface area contributed by atoms with Gasteiger partial charge in [0.15, 0.2) is 0 Å². The minimum absolute atomic E-state index is 0.145. The third-order valence-corrected chi connectivity index (χ3v) is 4.95. The molecule has 2 heteroatoms. The van der Waals surface area contributed by atoms with Gasteiger partial charge < -0.3 is 5.32 Å². The van der Waals surface area contributed by atoms with Crippen LogP contribution in [0.4, 0.5) is 4.39 Å². The SMILES string of the molecule is CCCNC(c1ccc(F)cc1)C1CCC(C)C(C)C1. The molecule has 1 N–H and O–H groups in total. The van der Waals surface area contributed by atoms with E-state index in [-0.39, 0.29) is 5.82 Å². The lowest BCUT2D eigenvalue weighted by atomic mass is 9.72. The number of hydrogen-bond donors (Lipinski definition) is 1. The average Bonchev–Trinajstić information content (AvgIpc) is 2.45. The Labute approximate surface area is 123 Å². The molecular formula is C18H28FN. The van der Waals surface area contributed by atoms with Crippen LogP contribution in [0.25, 0.3) is 0 Å². The summed E-state index contributed by atoms with van der Waals surface area (Å²) in [5.74, 6) is 2.17. The highest BCUT2D eigenvalue weighted by Crippen LogP contribution is 2.39. The topological polar surface area (TPSA) is 12.0 Å². The van der Waals surface area contributed by atoms with Crippen LogP contribution in [0.15, 0.2) is 24.3 Å². The number of benzene rings is 1. The van der Waals surface area contributed by atoms with Crippen molar-refractivity contribution in [2.45, 2.75) is 52.5 Å². The van der Waals surface area contributed by atoms with E-state index in [9.17, 15) is 4.39 Å². The van der Waals surface area contributed by atoms with Crippen molar-refractivity contribution in [1.29, 1.82) is 0 Å². The lowest BCUT2D eigenvalue weighted by Gasteiger charge is -2.37. The van der Waals surface area contributed by atoms with Crippen LogP contribution in [0.3, 0.4) is 0 Å². The van der Waals surface area contributed by atoms with E-state index < -0.39 is 0 Å². The Bertz CT molecular complexity index is 400. The van der Waals surface area contributed by atoms with E-state index in [1.165, 1.54) is 24.8 Å². The van der Waals surface area contributed by atoms with Gasteiger partial charge in [-0.3, -0.25) is 0 Å². The van der Waals surface area contributed by atoms with Gasteiger partial charge in [-0.15, -0.1) is 0 Å². The highest BCUT2D eigenvalue weighted by Gasteiger charge is 2.30. The molecule has 2 rings (SSSR count). The van der Waals surface area contributed by atoms with Gasteiger partial charge in [0.25, 0.3) is 0 Å². The van der Waals surface area contributed by atoms with Gasteiger partial charge in [-0.05, 0) is 61.3 Å². The Morgan fingerprint density at radius 1 is 1.15 bits per heavy atom. The molecule has 112 valence electrons. The summed E-state index contributed by atoms with van der Waals surface area (Å²) >= 11 is 0. The summed E-state index contributed by atoms with van der Waals surface area (Å²) in [5.41, 5.74) is 1.24. The molecule has 1 aromatic rings. The molecule has 0 aromatic heterocycles. The maximum Gasteiger partial charge on any atom is 0.123 e. The van der Waals surface area contributed by atoms with E-state index in [1.54, 1.807) is 12.1 Å². The van der Waals surface area contributed by atoms with Gasteiger partial charge in [0.1, 0.15) is 5.82 Å². The van der Waals surface area contributed by atoms with Crippen LogP contribution in [0.5, 0.6) is 0 Å². The normalized spacial score (nSPS) is 28.3. The summed E-state index contributed by atoms with van der Waals surface area (Å²) in [7, 11) is 0. The van der Waals surface area contributed by atoms with Gasteiger partial charge in [-0.25, -0.2) is 4.39 Å². The first kappa shape index (κ1) is 15.5. The van der Waals surface area contributed by atoms with Crippen LogP contribution in [0, 0.1) is 23.6 Å². The minimum atomic E-state index is -0.145. The molecule has 0 heterocycles. The van der Waals surface area contributed by atoms with E-state index in [2.05, 4.69) is 26.1 Å². The summed E-state index contributed by atoms with van der Waals surface area (Å²) < 4.78 is 13.1. The highest BCUT2D eigenvalue weighted by molar-refractivity contribution is 5.21. The van der Waals surface area contributed by atoms with E-state index >= 15 is 0 Å². The fraction of sp³-hybridized carbons (Fsp3) is 0.667. The van der Waals surface area contributed by atoms with Crippen molar-refractivity contribution in [3.8, 4) is 0 Å². The van der Waals surface area contributed by atoms with Crippen LogP contribution in [-0.4, -0.2) is 6.54 Å². The molecule has 0 aliphatic heterocycles. The molecule has 1 saturated carbocycles. The Balaban J connectivity index is 2.12. The van der Waals surface area contributed by atoms with Crippen LogP contribution < -0.4 is 5.32 Å². The molecule has 0 bridgehead atoms. The molecule has 1 aliphatic carbocycles. The summed E-state index contributed by atoms with van der Waals surface area (Å²) in [6.45, 7) is 7.97. The van der Waals surface area contributed by atoms with Gasteiger partial charge >= 0.3 is 0 Å². The van der Waals surface area contributed by atoms with E-state index in [1.807, 2.05) is 12.1 Å². The summed E-state index contributed by atoms with van der Waals surface area (Å²) in [4.78, 5) is 0. The van der Waals surface area contributed by atoms with Gasteiger partial charge in [0, 0.05) is 6.04 Å². The second-order valence-electron chi connectivity index (χ2n) is 6.51. The largest absolute Gasteiger partial charge is 0.310 e. The molecular weight excluding hydrogens is 249 g/mol. The Morgan fingerprint density at radius 2 is 1.85 bits per heavy atom. The molecule has 20 heavy (non-hydrogen) atoms. The molecule has 4 unspecified atom stereocenters. The summed E-state index contributed by atoms with van der Waals surface area (Å²) in [6.07, 6.45) is 5.01. The molecule has 0 amide bonds. The molecule has 1 aromatic carbocycles. The van der Waals surface area contributed by atoms with Crippen molar-refractivity contribution >= 4 is 0 Å². The first-order valence-corrected chi connectivity index (χ1v) is 8.10. The standard InChI is InChI=1S/C18H28FN/c1-4-11-20-18(15-7-9-17(19)10-8-15)16-6-5-13(2)14(3)12-16/h7-10,13-14,16,18,20H,4-6,11-12H2,1-3H3. The number of hydrogen-bond acceptors (Lipinski definition) is 1. The maximum atomic E-state index is 13.1. The molecule has 1 nitrogen and oxygen atoms in total. The van der Waals surface area contributed by atoms with Crippen LogP contribution in [-0.2, 0) is 0 Å². The van der Waals surface area contributed by atoms with Crippen molar-refractivity contribution in [3.63, 3.8) is 0 Å². The van der Waals surface area contributed by atoms with Crippen molar-refractivity contribution in [3.05, 3.63) is 35.6 Å². The first-order valence-electron chi connectivity index (χ1n) is 8.10. The Kier molecular flexibility index (Phi) is 5.59. The average molecular weight is 277 g/mol. The molecule has 0 saturated heterocycles. The van der Waals surface area contributed by atoms with Crippen molar-refractivity contribution < 1.29 is 4.39 Å². The van der Waals surface area contributed by atoms with Crippen molar-refractivity contribution in [2.75, 3.05) is 6.54 Å². The zero-order chi connectivity index (χ0) is 14.5. The molecule has 0 radical (unpaired) electrons. The summed E-state index contributed by atoms with van der Waals surface area (Å²) in [6, 6.07) is 7.46. The molecule has 0 spiro atoms. The van der Waals surface area contributed by atoms with Gasteiger partial charge in [-0.1, -0.05) is 39.3 Å². The first-order chi connectivity index (χ1) is 9.61. The monoisotopic (exact) mass is 277 g/mol. The van der Waals surface area contributed by atoms with Crippen molar-refractivity contribution in [2.24, 2.45) is 17.8 Å². The predicted octanol–water partition coefficient (Wildman–Crippen LogP) is 4.94. The van der Waals surface area contributed by atoms with Crippen LogP contribution in [0.1, 0.15) is 58.1 Å². The Morgan fingerprint density at radius 3 is 2.45 bits per heavy atom. The van der Waals surface area contributed by atoms with Crippen molar-refractivity contribution in [1.82, 2.24) is 5.32 Å². The van der Waals surface area contributed by atoms with Gasteiger partial charge in [0.2, 0.25) is 0 Å². The molecule has 1 fully saturated rings. The zero-order valence-corrected chi connectivity index (χ0v) is 13.0. The van der Waals surface area contributed by atoms with E-state index in [4.69, 9.17) is 0 Å². The number of nitrogens with one attached hydrogen (secondary N) is 1. The lowest BCUT2D eigenvalue weighted by molar-refractivity contribution is 0.171. The molecule has 4 atom stereocenters. The third kappa shape index (κ3) is 3.82. The van der Waals surface area contributed by atoms with Gasteiger partial charge in [-0.2, -0.15) is 0 Å². The van der Waals surface area contributed by atoms with E-state index in [0.29, 0.717) is 12.0 Å². The second-order valence-corrected chi connectivity index (χ2v) is 6.51. The minimum Gasteiger partial charge on any atom is -0.310 e. The fourth-order valence-electron chi connectivity index (χ4n) is 3.42. The molecule has 1 aliphatic rings. The number of halogens is 1. The Hall–Kier alpha value is -0.890. The zero-order valence-electron chi connectivity index (χ0n) is 13.0. The smallest absolute Gasteiger partial charge is 0.123 e. The van der Waals surface area contributed by atoms with E-state index in [0.717, 1.165) is 24.8 Å². The number of rotatable bonds is 5.